The number of hydrogen-bond acceptors (Lipinski definition) is 2. The highest BCUT2D eigenvalue weighted by Gasteiger charge is 2.39. The summed E-state index contributed by atoms with van der Waals surface area (Å²) in [6, 6.07) is 84.5. The van der Waals surface area contributed by atoms with Crippen molar-refractivity contribution in [3.8, 4) is 73.0 Å². The van der Waals surface area contributed by atoms with Crippen molar-refractivity contribution in [2.24, 2.45) is 0 Å². The van der Waals surface area contributed by atoms with Crippen LogP contribution in [0.25, 0.3) is 83.3 Å². The third-order valence-electron chi connectivity index (χ3n) is 14.4. The van der Waals surface area contributed by atoms with Crippen LogP contribution in [0.4, 0.5) is 31.5 Å². The van der Waals surface area contributed by atoms with Gasteiger partial charge in [0.2, 0.25) is 11.4 Å². The van der Waals surface area contributed by atoms with Crippen molar-refractivity contribution < 1.29 is 13.5 Å². The molecule has 3 heterocycles. The van der Waals surface area contributed by atoms with Crippen molar-refractivity contribution in [1.29, 1.82) is 0 Å². The number of rotatable bonds is 10. The SMILES string of the molecule is CC(C)(C)c1ccnc(-n2c3ccccc3c3ccc(Oc4cc(-c5cc(-c6ccccc6)cc(-c6ccccc6)c5)cc([N+]5=C=[N+](c6c(-c7ccccc7)cccc6-c6cc(F)cc(F)c6)c6ccccc65)c4)cc32)c1. The molecule has 10 aromatic carbocycles. The van der Waals surface area contributed by atoms with Gasteiger partial charge in [-0.3, -0.25) is 4.57 Å². The highest BCUT2D eigenvalue weighted by Crippen LogP contribution is 2.46. The highest BCUT2D eigenvalue weighted by atomic mass is 19.1. The van der Waals surface area contributed by atoms with Gasteiger partial charge < -0.3 is 4.74 Å². The summed E-state index contributed by atoms with van der Waals surface area (Å²) in [5.41, 5.74) is 15.5. The molecule has 13 rings (SSSR count). The number of ether oxygens (including phenoxy) is 1. The van der Waals surface area contributed by atoms with E-state index in [-0.39, 0.29) is 5.41 Å². The summed E-state index contributed by atoms with van der Waals surface area (Å²) < 4.78 is 43.8. The number of hydrogen-bond donors (Lipinski definition) is 0. The molecular weight excluding hydrogens is 951 g/mol. The number of nitrogens with zero attached hydrogens (tertiary/aromatic N) is 4. The second-order valence-electron chi connectivity index (χ2n) is 20.5. The number of benzene rings is 10. The minimum Gasteiger partial charge on any atom is -0.457 e. The van der Waals surface area contributed by atoms with E-state index in [1.54, 1.807) is 0 Å². The van der Waals surface area contributed by atoms with Crippen LogP contribution in [-0.4, -0.2) is 15.6 Å². The first-order valence-electron chi connectivity index (χ1n) is 25.8. The average Bonchev–Trinajstić information content (AvgIpc) is 4.02. The lowest BCUT2D eigenvalue weighted by Crippen LogP contribution is -2.12. The summed E-state index contributed by atoms with van der Waals surface area (Å²) in [7, 11) is 0. The number of halogens is 2. The van der Waals surface area contributed by atoms with E-state index in [9.17, 15) is 0 Å². The summed E-state index contributed by atoms with van der Waals surface area (Å²) in [4.78, 5) is 4.94. The Morgan fingerprint density at radius 2 is 0.987 bits per heavy atom. The van der Waals surface area contributed by atoms with Gasteiger partial charge >= 0.3 is 6.01 Å². The highest BCUT2D eigenvalue weighted by molar-refractivity contribution is 6.09. The second kappa shape index (κ2) is 19.2. The molecule has 0 amide bonds. The zero-order valence-corrected chi connectivity index (χ0v) is 42.6. The van der Waals surface area contributed by atoms with Crippen molar-refractivity contribution in [3.63, 3.8) is 0 Å². The van der Waals surface area contributed by atoms with Gasteiger partial charge in [0, 0.05) is 47.3 Å². The van der Waals surface area contributed by atoms with Crippen molar-refractivity contribution >= 4 is 50.6 Å². The Kier molecular flexibility index (Phi) is 11.7. The Balaban J connectivity index is 1.05. The molecule has 0 unspecified atom stereocenters. The second-order valence-corrected chi connectivity index (χ2v) is 20.5. The summed E-state index contributed by atoms with van der Waals surface area (Å²) in [6.07, 6.45) is 1.90. The van der Waals surface area contributed by atoms with Crippen molar-refractivity contribution in [2.75, 3.05) is 0 Å². The van der Waals surface area contributed by atoms with E-state index < -0.39 is 11.6 Å². The average molecular weight is 1000 g/mol. The van der Waals surface area contributed by atoms with Crippen LogP contribution in [0.15, 0.2) is 249 Å². The molecule has 2 aromatic heterocycles. The quantitative estimate of drug-likeness (QED) is 0.128. The normalized spacial score (nSPS) is 12.2. The van der Waals surface area contributed by atoms with E-state index >= 15 is 8.78 Å². The lowest BCUT2D eigenvalue weighted by molar-refractivity contribution is 0.483. The molecular formula is C70H50F2N4O+2. The predicted octanol–water partition coefficient (Wildman–Crippen LogP) is 18.7. The van der Waals surface area contributed by atoms with Gasteiger partial charge in [-0.05, 0) is 143 Å². The number of aromatic nitrogens is 2. The van der Waals surface area contributed by atoms with Crippen molar-refractivity contribution in [2.45, 2.75) is 26.2 Å². The largest absolute Gasteiger partial charge is 0.503 e. The molecule has 77 heavy (non-hydrogen) atoms. The molecule has 0 aliphatic carbocycles. The van der Waals surface area contributed by atoms with Crippen molar-refractivity contribution in [3.05, 3.63) is 266 Å². The van der Waals surface area contributed by atoms with Gasteiger partial charge in [-0.15, -0.1) is 0 Å². The van der Waals surface area contributed by atoms with E-state index in [1.807, 2.05) is 89.6 Å². The summed E-state index contributed by atoms with van der Waals surface area (Å²) in [5, 5.41) is 2.21. The third kappa shape index (κ3) is 8.89. The standard InChI is InChI=1S/C70H50F2N4O/c1-70(2,3)54-32-33-73-68(41-54)76-64-27-14-13-24-62(64)63-31-30-58(44-67(63)76)77-59-40-52(51-35-49(46-18-7-4-8-19-46)34-50(36-51)47-20-9-5-10-21-47)39-57(43-59)74-45-75(66-29-16-15-28-65(66)74)69-60(48-22-11-6-12-23-48)25-17-26-61(69)53-37-55(71)42-56(72)38-53/h4-44H,1-3H3/q+2. The van der Waals surface area contributed by atoms with Gasteiger partial charge in [0.25, 0.3) is 11.4 Å². The maximum Gasteiger partial charge on any atom is 0.503 e. The molecule has 7 heteroatoms. The first kappa shape index (κ1) is 46.9. The predicted molar refractivity (Wildman–Crippen MR) is 312 cm³/mol. The Hall–Kier alpha value is -9.81. The van der Waals surface area contributed by atoms with Crippen LogP contribution >= 0.6 is 0 Å². The molecule has 1 aliphatic heterocycles. The van der Waals surface area contributed by atoms with Gasteiger partial charge in [0.1, 0.15) is 29.0 Å². The van der Waals surface area contributed by atoms with E-state index in [4.69, 9.17) is 9.72 Å². The van der Waals surface area contributed by atoms with E-state index in [0.29, 0.717) is 22.6 Å². The minimum atomic E-state index is -0.657. The number of fused-ring (bicyclic) bond motifs is 4. The summed E-state index contributed by atoms with van der Waals surface area (Å²) >= 11 is 0. The molecule has 0 atom stereocenters. The van der Waals surface area contributed by atoms with Crippen LogP contribution in [0.2, 0.25) is 0 Å². The zero-order valence-electron chi connectivity index (χ0n) is 42.6. The van der Waals surface area contributed by atoms with Gasteiger partial charge in [0.15, 0.2) is 0 Å². The van der Waals surface area contributed by atoms with Crippen LogP contribution < -0.4 is 13.9 Å². The molecule has 5 nitrogen and oxygen atoms in total. The third-order valence-corrected chi connectivity index (χ3v) is 14.4. The van der Waals surface area contributed by atoms with Crippen LogP contribution in [0.1, 0.15) is 26.3 Å². The lowest BCUT2D eigenvalue weighted by Gasteiger charge is -2.20. The van der Waals surface area contributed by atoms with E-state index in [0.717, 1.165) is 101 Å². The molecule has 0 saturated heterocycles. The molecule has 0 radical (unpaired) electrons. The van der Waals surface area contributed by atoms with Crippen LogP contribution in [-0.2, 0) is 5.41 Å². The summed E-state index contributed by atoms with van der Waals surface area (Å²) in [5.74, 6) is 0.781. The fourth-order valence-electron chi connectivity index (χ4n) is 10.7. The maximum absolute atomic E-state index is 15.2. The monoisotopic (exact) mass is 1000 g/mol. The van der Waals surface area contributed by atoms with Gasteiger partial charge in [0.05, 0.1) is 28.2 Å². The minimum absolute atomic E-state index is 0.0774. The lowest BCUT2D eigenvalue weighted by atomic mass is 9.88. The maximum atomic E-state index is 15.2. The van der Waals surface area contributed by atoms with Crippen LogP contribution in [0, 0.1) is 11.6 Å². The Bertz CT molecular complexity index is 4260. The van der Waals surface area contributed by atoms with Crippen molar-refractivity contribution in [1.82, 2.24) is 18.7 Å². The number of para-hydroxylation sites is 4. The molecule has 0 N–H and O–H groups in total. The van der Waals surface area contributed by atoms with Crippen LogP contribution in [0.5, 0.6) is 11.5 Å². The van der Waals surface area contributed by atoms with Gasteiger partial charge in [-0.2, -0.15) is 0 Å². The van der Waals surface area contributed by atoms with E-state index in [2.05, 4.69) is 182 Å². The van der Waals surface area contributed by atoms with Gasteiger partial charge in [-0.25, -0.2) is 13.8 Å². The first-order valence-corrected chi connectivity index (χ1v) is 25.8. The molecule has 1 aliphatic rings. The smallest absolute Gasteiger partial charge is 0.457 e. The summed E-state index contributed by atoms with van der Waals surface area (Å²) in [6.45, 7) is 6.66. The Labute approximate surface area is 445 Å². The fraction of sp³-hybridized carbons (Fsp3) is 0.0571. The first-order chi connectivity index (χ1) is 37.6. The molecule has 0 spiro atoms. The Morgan fingerprint density at radius 3 is 1.65 bits per heavy atom. The number of pyridine rings is 1. The molecule has 12 aromatic rings. The van der Waals surface area contributed by atoms with E-state index in [1.165, 1.54) is 17.7 Å². The molecule has 0 bridgehead atoms. The molecule has 368 valence electrons. The topological polar surface area (TPSA) is 33.1 Å². The van der Waals surface area contributed by atoms with Gasteiger partial charge in [-0.1, -0.05) is 148 Å². The fourth-order valence-corrected chi connectivity index (χ4v) is 10.7. The molecule has 0 fully saturated rings. The zero-order chi connectivity index (χ0) is 52.2. The molecule has 0 saturated carbocycles. The van der Waals surface area contributed by atoms with Crippen LogP contribution in [0.3, 0.4) is 0 Å². The Morgan fingerprint density at radius 1 is 0.429 bits per heavy atom.